The number of carbonyl (C=O) groups excluding carboxylic acids is 1. The third-order valence-corrected chi connectivity index (χ3v) is 4.55. The fourth-order valence-electron chi connectivity index (χ4n) is 3.26. The molecule has 1 fully saturated rings. The summed E-state index contributed by atoms with van der Waals surface area (Å²) in [7, 11) is 0. The molecule has 1 unspecified atom stereocenters. The average molecular weight is 345 g/mol. The summed E-state index contributed by atoms with van der Waals surface area (Å²) in [5.41, 5.74) is 0.0679. The molecule has 0 aliphatic carbocycles. The molecule has 1 aromatic carbocycles. The van der Waals surface area contributed by atoms with E-state index in [-0.39, 0.29) is 24.3 Å². The molecule has 1 amide bonds. The number of amides is 1. The highest BCUT2D eigenvalue weighted by Crippen LogP contribution is 2.31. The van der Waals surface area contributed by atoms with Crippen LogP contribution in [0.5, 0.6) is 0 Å². The van der Waals surface area contributed by atoms with Gasteiger partial charge in [0.05, 0.1) is 6.04 Å². The fourth-order valence-corrected chi connectivity index (χ4v) is 3.26. The Morgan fingerprint density at radius 3 is 2.88 bits per heavy atom. The Hall–Kier alpha value is -2.70. The minimum Gasteiger partial charge on any atom is -0.334 e. The van der Waals surface area contributed by atoms with Crippen LogP contribution in [0.25, 0.3) is 0 Å². The van der Waals surface area contributed by atoms with Crippen molar-refractivity contribution in [1.82, 2.24) is 14.5 Å². The highest BCUT2D eigenvalue weighted by molar-refractivity contribution is 5.76. The molecule has 1 N–H and O–H groups in total. The number of nitrogens with zero attached hydrogens (tertiary/aromatic N) is 2. The fraction of sp³-hybridized carbons (Fsp3) is 0.389. The number of hydrogen-bond acceptors (Lipinski definition) is 3. The van der Waals surface area contributed by atoms with Gasteiger partial charge in [0.1, 0.15) is 12.4 Å². The summed E-state index contributed by atoms with van der Waals surface area (Å²) >= 11 is 0. The van der Waals surface area contributed by atoms with Crippen molar-refractivity contribution in [3.05, 3.63) is 68.2 Å². The number of halogens is 1. The Labute approximate surface area is 143 Å². The summed E-state index contributed by atoms with van der Waals surface area (Å²) in [6.45, 7) is 2.00. The standard InChI is InChI=1S/C18H20FN3O3/c1-12-10-21(18(25)20-17(12)24)11-16(23)22-8-3-2-7-15(22)13-5-4-6-14(19)9-13/h4-6,9-10,15H,2-3,7-8,11H2,1H3,(H,20,24,25). The number of nitrogens with one attached hydrogen (secondary N) is 1. The Balaban J connectivity index is 1.85. The molecule has 2 heterocycles. The van der Waals surface area contributed by atoms with Gasteiger partial charge in [-0.1, -0.05) is 12.1 Å². The van der Waals surface area contributed by atoms with Crippen molar-refractivity contribution in [1.29, 1.82) is 0 Å². The van der Waals surface area contributed by atoms with Crippen molar-refractivity contribution < 1.29 is 9.18 Å². The number of aromatic amines is 1. The van der Waals surface area contributed by atoms with Gasteiger partial charge < -0.3 is 4.90 Å². The van der Waals surface area contributed by atoms with Gasteiger partial charge in [0, 0.05) is 18.3 Å². The number of carbonyl (C=O) groups is 1. The van der Waals surface area contributed by atoms with Gasteiger partial charge in [0.2, 0.25) is 5.91 Å². The van der Waals surface area contributed by atoms with Gasteiger partial charge in [-0.25, -0.2) is 9.18 Å². The molecule has 0 bridgehead atoms. The zero-order chi connectivity index (χ0) is 18.0. The van der Waals surface area contributed by atoms with E-state index < -0.39 is 11.2 Å². The van der Waals surface area contributed by atoms with Crippen molar-refractivity contribution >= 4 is 5.91 Å². The highest BCUT2D eigenvalue weighted by Gasteiger charge is 2.28. The van der Waals surface area contributed by atoms with Crippen LogP contribution < -0.4 is 11.2 Å². The van der Waals surface area contributed by atoms with Gasteiger partial charge in [-0.3, -0.25) is 19.1 Å². The van der Waals surface area contributed by atoms with E-state index in [1.54, 1.807) is 17.9 Å². The summed E-state index contributed by atoms with van der Waals surface area (Å²) in [6.07, 6.45) is 3.98. The summed E-state index contributed by atoms with van der Waals surface area (Å²) in [5.74, 6) is -0.550. The van der Waals surface area contributed by atoms with E-state index >= 15 is 0 Å². The van der Waals surface area contributed by atoms with Gasteiger partial charge >= 0.3 is 5.69 Å². The molecule has 0 saturated carbocycles. The monoisotopic (exact) mass is 345 g/mol. The first-order chi connectivity index (χ1) is 12.0. The van der Waals surface area contributed by atoms with Crippen molar-refractivity contribution in [2.45, 2.75) is 38.8 Å². The van der Waals surface area contributed by atoms with Crippen LogP contribution in [0.4, 0.5) is 4.39 Å². The predicted molar refractivity (Wildman–Crippen MR) is 90.8 cm³/mol. The Kier molecular flexibility index (Phi) is 4.83. The van der Waals surface area contributed by atoms with Crippen molar-refractivity contribution in [3.63, 3.8) is 0 Å². The smallest absolute Gasteiger partial charge is 0.328 e. The predicted octanol–water partition coefficient (Wildman–Crippen LogP) is 1.74. The van der Waals surface area contributed by atoms with Crippen LogP contribution in [-0.4, -0.2) is 26.9 Å². The average Bonchev–Trinajstić information content (AvgIpc) is 2.59. The van der Waals surface area contributed by atoms with Gasteiger partial charge in [-0.2, -0.15) is 0 Å². The van der Waals surface area contributed by atoms with Gasteiger partial charge in [-0.15, -0.1) is 0 Å². The van der Waals surface area contributed by atoms with E-state index in [4.69, 9.17) is 0 Å². The normalized spacial score (nSPS) is 17.5. The topological polar surface area (TPSA) is 75.2 Å². The number of piperidine rings is 1. The largest absolute Gasteiger partial charge is 0.334 e. The van der Waals surface area contributed by atoms with Crippen LogP contribution >= 0.6 is 0 Å². The molecule has 0 spiro atoms. The van der Waals surface area contributed by atoms with Crippen molar-refractivity contribution in [2.75, 3.05) is 6.54 Å². The second-order valence-electron chi connectivity index (χ2n) is 6.35. The molecule has 2 aromatic rings. The minimum atomic E-state index is -0.608. The maximum absolute atomic E-state index is 13.5. The second-order valence-corrected chi connectivity index (χ2v) is 6.35. The van der Waals surface area contributed by atoms with Crippen LogP contribution in [0.1, 0.15) is 36.4 Å². The molecule has 1 saturated heterocycles. The lowest BCUT2D eigenvalue weighted by Crippen LogP contribution is -2.42. The summed E-state index contributed by atoms with van der Waals surface area (Å²) in [5, 5.41) is 0. The van der Waals surface area contributed by atoms with Crippen LogP contribution in [-0.2, 0) is 11.3 Å². The SMILES string of the molecule is Cc1cn(CC(=O)N2CCCCC2c2cccc(F)c2)c(=O)[nH]c1=O. The number of H-pyrrole nitrogens is 1. The molecule has 0 radical (unpaired) electrons. The first-order valence-corrected chi connectivity index (χ1v) is 8.31. The second kappa shape index (κ2) is 7.04. The first kappa shape index (κ1) is 17.1. The quantitative estimate of drug-likeness (QED) is 0.921. The molecular formula is C18H20FN3O3. The summed E-state index contributed by atoms with van der Waals surface area (Å²) in [4.78, 5) is 40.0. The first-order valence-electron chi connectivity index (χ1n) is 8.31. The Morgan fingerprint density at radius 1 is 1.32 bits per heavy atom. The van der Waals surface area contributed by atoms with Crippen LogP contribution in [0, 0.1) is 12.7 Å². The number of benzene rings is 1. The van der Waals surface area contributed by atoms with E-state index in [0.29, 0.717) is 12.1 Å². The summed E-state index contributed by atoms with van der Waals surface area (Å²) < 4.78 is 14.8. The van der Waals surface area contributed by atoms with Gasteiger partial charge in [-0.05, 0) is 43.9 Å². The minimum absolute atomic E-state index is 0.151. The number of aromatic nitrogens is 2. The molecule has 7 heteroatoms. The molecule has 132 valence electrons. The zero-order valence-corrected chi connectivity index (χ0v) is 14.0. The molecule has 1 aliphatic rings. The van der Waals surface area contributed by atoms with E-state index in [9.17, 15) is 18.8 Å². The van der Waals surface area contributed by atoms with E-state index in [0.717, 1.165) is 24.8 Å². The highest BCUT2D eigenvalue weighted by atomic mass is 19.1. The lowest BCUT2D eigenvalue weighted by atomic mass is 9.95. The number of likely N-dealkylation sites (tertiary alicyclic amines) is 1. The van der Waals surface area contributed by atoms with Crippen LogP contribution in [0.2, 0.25) is 0 Å². The van der Waals surface area contributed by atoms with E-state index in [2.05, 4.69) is 4.98 Å². The molecular weight excluding hydrogens is 325 g/mol. The molecule has 1 aliphatic heterocycles. The third kappa shape index (κ3) is 3.70. The zero-order valence-electron chi connectivity index (χ0n) is 14.0. The van der Waals surface area contributed by atoms with Crippen LogP contribution in [0.15, 0.2) is 40.1 Å². The number of aryl methyl sites for hydroxylation is 1. The lowest BCUT2D eigenvalue weighted by molar-refractivity contribution is -0.135. The molecule has 1 aromatic heterocycles. The molecule has 6 nitrogen and oxygen atoms in total. The third-order valence-electron chi connectivity index (χ3n) is 4.55. The molecule has 25 heavy (non-hydrogen) atoms. The Bertz CT molecular complexity index is 903. The van der Waals surface area contributed by atoms with E-state index in [1.165, 1.54) is 22.9 Å². The van der Waals surface area contributed by atoms with Crippen molar-refractivity contribution in [2.24, 2.45) is 0 Å². The lowest BCUT2D eigenvalue weighted by Gasteiger charge is -2.36. The van der Waals surface area contributed by atoms with Crippen LogP contribution in [0.3, 0.4) is 0 Å². The number of rotatable bonds is 3. The van der Waals surface area contributed by atoms with Crippen molar-refractivity contribution in [3.8, 4) is 0 Å². The number of hydrogen-bond donors (Lipinski definition) is 1. The van der Waals surface area contributed by atoms with Gasteiger partial charge in [0.25, 0.3) is 5.56 Å². The van der Waals surface area contributed by atoms with Gasteiger partial charge in [0.15, 0.2) is 0 Å². The molecule has 3 rings (SSSR count). The summed E-state index contributed by atoms with van der Waals surface area (Å²) in [6, 6.07) is 6.08. The molecule has 1 atom stereocenters. The van der Waals surface area contributed by atoms with E-state index in [1.807, 2.05) is 6.07 Å². The Morgan fingerprint density at radius 2 is 2.12 bits per heavy atom. The maximum atomic E-state index is 13.5. The maximum Gasteiger partial charge on any atom is 0.328 e.